The molecule has 0 radical (unpaired) electrons. The number of methoxy groups -OCH3 is 1. The van der Waals surface area contributed by atoms with Crippen LogP contribution in [-0.2, 0) is 0 Å². The molecule has 1 heterocycles. The van der Waals surface area contributed by atoms with Crippen molar-refractivity contribution in [3.63, 3.8) is 0 Å². The Balaban J connectivity index is 2.33. The fourth-order valence-electron chi connectivity index (χ4n) is 1.94. The zero-order chi connectivity index (χ0) is 9.97. The highest BCUT2D eigenvalue weighted by atomic mass is 19.1. The molecule has 1 unspecified atom stereocenters. The molecule has 1 aromatic carbocycles. The molecule has 1 aliphatic heterocycles. The molecule has 2 rings (SSSR count). The summed E-state index contributed by atoms with van der Waals surface area (Å²) < 4.78 is 18.3. The predicted molar refractivity (Wildman–Crippen MR) is 53.2 cm³/mol. The molecule has 1 saturated heterocycles. The molecule has 0 spiro atoms. The van der Waals surface area contributed by atoms with E-state index in [9.17, 15) is 4.39 Å². The minimum absolute atomic E-state index is 0.187. The van der Waals surface area contributed by atoms with Gasteiger partial charge in [-0.25, -0.2) is 4.39 Å². The quantitative estimate of drug-likeness (QED) is 0.778. The minimum atomic E-state index is -0.187. The van der Waals surface area contributed by atoms with Crippen LogP contribution in [0.4, 0.5) is 4.39 Å². The second kappa shape index (κ2) is 3.96. The van der Waals surface area contributed by atoms with Gasteiger partial charge in [-0.05, 0) is 31.2 Å². The zero-order valence-corrected chi connectivity index (χ0v) is 8.22. The highest BCUT2D eigenvalue weighted by molar-refractivity contribution is 5.37. The third kappa shape index (κ3) is 1.73. The van der Waals surface area contributed by atoms with Gasteiger partial charge in [-0.2, -0.15) is 0 Å². The van der Waals surface area contributed by atoms with E-state index in [0.717, 1.165) is 30.8 Å². The Morgan fingerprint density at radius 1 is 1.50 bits per heavy atom. The van der Waals surface area contributed by atoms with Crippen LogP contribution in [0.3, 0.4) is 0 Å². The van der Waals surface area contributed by atoms with Crippen molar-refractivity contribution in [1.29, 1.82) is 0 Å². The Hall–Kier alpha value is -1.09. The second-order valence-electron chi connectivity index (χ2n) is 3.58. The van der Waals surface area contributed by atoms with Crippen LogP contribution in [0.5, 0.6) is 5.75 Å². The van der Waals surface area contributed by atoms with Gasteiger partial charge in [-0.15, -0.1) is 0 Å². The first kappa shape index (κ1) is 9.46. The molecule has 1 aromatic rings. The average molecular weight is 195 g/mol. The van der Waals surface area contributed by atoms with Crippen molar-refractivity contribution in [2.45, 2.75) is 12.3 Å². The van der Waals surface area contributed by atoms with Gasteiger partial charge in [0.05, 0.1) is 7.11 Å². The SMILES string of the molecule is COc1ccc(F)cc1C1CCNC1. The number of rotatable bonds is 2. The van der Waals surface area contributed by atoms with E-state index >= 15 is 0 Å². The maximum absolute atomic E-state index is 13.1. The first-order chi connectivity index (χ1) is 6.81. The number of ether oxygens (including phenoxy) is 1. The summed E-state index contributed by atoms with van der Waals surface area (Å²) in [5.74, 6) is 0.994. The van der Waals surface area contributed by atoms with E-state index in [1.165, 1.54) is 6.07 Å². The summed E-state index contributed by atoms with van der Waals surface area (Å²) in [6.45, 7) is 1.92. The Kier molecular flexibility index (Phi) is 2.68. The summed E-state index contributed by atoms with van der Waals surface area (Å²) in [4.78, 5) is 0. The number of benzene rings is 1. The Morgan fingerprint density at radius 3 is 3.00 bits per heavy atom. The Labute approximate surface area is 83.1 Å². The first-order valence-corrected chi connectivity index (χ1v) is 4.85. The predicted octanol–water partition coefficient (Wildman–Crippen LogP) is 1.91. The molecule has 0 aromatic heterocycles. The van der Waals surface area contributed by atoms with E-state index in [1.54, 1.807) is 19.2 Å². The number of hydrogen-bond acceptors (Lipinski definition) is 2. The Morgan fingerprint density at radius 2 is 2.36 bits per heavy atom. The third-order valence-corrected chi connectivity index (χ3v) is 2.69. The maximum atomic E-state index is 13.1. The molecule has 2 nitrogen and oxygen atoms in total. The lowest BCUT2D eigenvalue weighted by Crippen LogP contribution is -2.08. The molecule has 1 fully saturated rings. The first-order valence-electron chi connectivity index (χ1n) is 4.85. The van der Waals surface area contributed by atoms with Crippen LogP contribution in [0.1, 0.15) is 17.9 Å². The van der Waals surface area contributed by atoms with Gasteiger partial charge in [0.15, 0.2) is 0 Å². The smallest absolute Gasteiger partial charge is 0.123 e. The largest absolute Gasteiger partial charge is 0.496 e. The van der Waals surface area contributed by atoms with E-state index in [1.807, 2.05) is 0 Å². The summed E-state index contributed by atoms with van der Waals surface area (Å²) in [5, 5.41) is 3.26. The monoisotopic (exact) mass is 195 g/mol. The van der Waals surface area contributed by atoms with Crippen molar-refractivity contribution < 1.29 is 9.13 Å². The summed E-state index contributed by atoms with van der Waals surface area (Å²) in [7, 11) is 1.62. The second-order valence-corrected chi connectivity index (χ2v) is 3.58. The highest BCUT2D eigenvalue weighted by Crippen LogP contribution is 2.30. The normalized spacial score (nSPS) is 21.1. The van der Waals surface area contributed by atoms with Crippen LogP contribution < -0.4 is 10.1 Å². The molecule has 0 aliphatic carbocycles. The van der Waals surface area contributed by atoms with Crippen LogP contribution in [-0.4, -0.2) is 20.2 Å². The average Bonchev–Trinajstić information content (AvgIpc) is 2.70. The van der Waals surface area contributed by atoms with Crippen LogP contribution >= 0.6 is 0 Å². The Bertz CT molecular complexity index is 321. The van der Waals surface area contributed by atoms with Gasteiger partial charge in [0.2, 0.25) is 0 Å². The summed E-state index contributed by atoms with van der Waals surface area (Å²) in [6, 6.07) is 4.71. The maximum Gasteiger partial charge on any atom is 0.123 e. The van der Waals surface area contributed by atoms with E-state index in [-0.39, 0.29) is 5.82 Å². The topological polar surface area (TPSA) is 21.3 Å². The van der Waals surface area contributed by atoms with E-state index in [2.05, 4.69) is 5.32 Å². The molecule has 1 atom stereocenters. The molecule has 0 bridgehead atoms. The molecule has 1 N–H and O–H groups in total. The molecular formula is C11H14FNO. The number of halogens is 1. The third-order valence-electron chi connectivity index (χ3n) is 2.69. The highest BCUT2D eigenvalue weighted by Gasteiger charge is 2.20. The van der Waals surface area contributed by atoms with Gasteiger partial charge >= 0.3 is 0 Å². The molecule has 0 amide bonds. The van der Waals surface area contributed by atoms with Crippen molar-refractivity contribution in [2.24, 2.45) is 0 Å². The van der Waals surface area contributed by atoms with Crippen LogP contribution in [0, 0.1) is 5.82 Å². The standard InChI is InChI=1S/C11H14FNO/c1-14-11-3-2-9(12)6-10(11)8-4-5-13-7-8/h2-3,6,8,13H,4-5,7H2,1H3. The molecule has 0 saturated carbocycles. The lowest BCUT2D eigenvalue weighted by molar-refractivity contribution is 0.405. The molecule has 14 heavy (non-hydrogen) atoms. The molecule has 76 valence electrons. The number of nitrogens with one attached hydrogen (secondary N) is 1. The van der Waals surface area contributed by atoms with Gasteiger partial charge in [0.1, 0.15) is 11.6 Å². The fourth-order valence-corrected chi connectivity index (χ4v) is 1.94. The van der Waals surface area contributed by atoms with E-state index in [4.69, 9.17) is 4.74 Å². The van der Waals surface area contributed by atoms with Crippen molar-refractivity contribution in [3.8, 4) is 5.75 Å². The van der Waals surface area contributed by atoms with Crippen molar-refractivity contribution in [1.82, 2.24) is 5.32 Å². The minimum Gasteiger partial charge on any atom is -0.496 e. The van der Waals surface area contributed by atoms with Crippen LogP contribution in [0.25, 0.3) is 0 Å². The van der Waals surface area contributed by atoms with Gasteiger partial charge in [-0.3, -0.25) is 0 Å². The number of hydrogen-bond donors (Lipinski definition) is 1. The lowest BCUT2D eigenvalue weighted by atomic mass is 9.97. The van der Waals surface area contributed by atoms with Crippen LogP contribution in [0.15, 0.2) is 18.2 Å². The van der Waals surface area contributed by atoms with Crippen molar-refractivity contribution in [3.05, 3.63) is 29.6 Å². The van der Waals surface area contributed by atoms with Crippen LogP contribution in [0.2, 0.25) is 0 Å². The van der Waals surface area contributed by atoms with Crippen molar-refractivity contribution in [2.75, 3.05) is 20.2 Å². The zero-order valence-electron chi connectivity index (χ0n) is 8.22. The fraction of sp³-hybridized carbons (Fsp3) is 0.455. The van der Waals surface area contributed by atoms with Gasteiger partial charge in [-0.1, -0.05) is 0 Å². The van der Waals surface area contributed by atoms with Gasteiger partial charge in [0, 0.05) is 18.0 Å². The van der Waals surface area contributed by atoms with E-state index < -0.39 is 0 Å². The molecule has 3 heteroatoms. The van der Waals surface area contributed by atoms with Gasteiger partial charge in [0.25, 0.3) is 0 Å². The molecular weight excluding hydrogens is 181 g/mol. The van der Waals surface area contributed by atoms with Crippen molar-refractivity contribution >= 4 is 0 Å². The summed E-state index contributed by atoms with van der Waals surface area (Å²) >= 11 is 0. The summed E-state index contributed by atoms with van der Waals surface area (Å²) in [6.07, 6.45) is 1.06. The van der Waals surface area contributed by atoms with E-state index in [0.29, 0.717) is 5.92 Å². The summed E-state index contributed by atoms with van der Waals surface area (Å²) in [5.41, 5.74) is 0.984. The lowest BCUT2D eigenvalue weighted by Gasteiger charge is -2.13. The van der Waals surface area contributed by atoms with Gasteiger partial charge < -0.3 is 10.1 Å². The molecule has 1 aliphatic rings.